The van der Waals surface area contributed by atoms with Crippen molar-refractivity contribution >= 4 is 23.2 Å². The Kier molecular flexibility index (Phi) is 4.44. The van der Waals surface area contributed by atoms with E-state index in [0.29, 0.717) is 16.4 Å². The van der Waals surface area contributed by atoms with Crippen LogP contribution >= 0.6 is 11.6 Å². The molecule has 24 heavy (non-hydrogen) atoms. The molecule has 5 nitrogen and oxygen atoms in total. The molecule has 2 aromatic carbocycles. The molecule has 1 aromatic heterocycles. The predicted molar refractivity (Wildman–Crippen MR) is 94.0 cm³/mol. The van der Waals surface area contributed by atoms with Crippen molar-refractivity contribution in [2.45, 2.75) is 6.92 Å². The molecule has 1 amide bonds. The van der Waals surface area contributed by atoms with E-state index >= 15 is 0 Å². The number of halogens is 1. The maximum Gasteiger partial charge on any atom is 0.280 e. The molecule has 0 aliphatic rings. The number of benzene rings is 2. The third kappa shape index (κ3) is 3.52. The standard InChI is InChI=1S/C18H14ClN3O2/c1-12-3-2-4-14(11-12)20-18(24)17-16(23)9-10-22(21-17)15-7-5-13(19)6-8-15/h2-11H,1H3,(H,20,24). The first-order valence-electron chi connectivity index (χ1n) is 7.27. The number of aryl methyl sites for hydroxylation is 1. The van der Waals surface area contributed by atoms with Crippen molar-refractivity contribution < 1.29 is 4.79 Å². The summed E-state index contributed by atoms with van der Waals surface area (Å²) in [4.78, 5) is 24.4. The molecule has 0 aliphatic heterocycles. The Labute approximate surface area is 143 Å². The van der Waals surface area contributed by atoms with Gasteiger partial charge in [-0.05, 0) is 48.9 Å². The SMILES string of the molecule is Cc1cccc(NC(=O)c2nn(-c3ccc(Cl)cc3)ccc2=O)c1. The molecule has 1 N–H and O–H groups in total. The summed E-state index contributed by atoms with van der Waals surface area (Å²) in [6.45, 7) is 1.92. The number of nitrogens with one attached hydrogen (secondary N) is 1. The fourth-order valence-electron chi connectivity index (χ4n) is 2.22. The van der Waals surface area contributed by atoms with Gasteiger partial charge in [-0.15, -0.1) is 0 Å². The van der Waals surface area contributed by atoms with Crippen LogP contribution in [0.2, 0.25) is 5.02 Å². The third-order valence-electron chi connectivity index (χ3n) is 3.39. The van der Waals surface area contributed by atoms with E-state index in [2.05, 4.69) is 10.4 Å². The number of anilines is 1. The molecule has 120 valence electrons. The fourth-order valence-corrected chi connectivity index (χ4v) is 2.34. The summed E-state index contributed by atoms with van der Waals surface area (Å²) in [6.07, 6.45) is 1.51. The summed E-state index contributed by atoms with van der Waals surface area (Å²) >= 11 is 5.87. The quantitative estimate of drug-likeness (QED) is 0.795. The summed E-state index contributed by atoms with van der Waals surface area (Å²) < 4.78 is 1.46. The monoisotopic (exact) mass is 339 g/mol. The zero-order chi connectivity index (χ0) is 17.1. The Balaban J connectivity index is 1.92. The minimum absolute atomic E-state index is 0.172. The molecule has 3 rings (SSSR count). The molecule has 1 heterocycles. The zero-order valence-corrected chi connectivity index (χ0v) is 13.6. The molecule has 0 radical (unpaired) electrons. The highest BCUT2D eigenvalue weighted by molar-refractivity contribution is 6.30. The molecule has 0 saturated carbocycles. The first-order valence-corrected chi connectivity index (χ1v) is 7.65. The maximum atomic E-state index is 12.4. The Morgan fingerprint density at radius 3 is 2.58 bits per heavy atom. The van der Waals surface area contributed by atoms with Gasteiger partial charge < -0.3 is 5.32 Å². The molecule has 6 heteroatoms. The predicted octanol–water partition coefficient (Wildman–Crippen LogP) is 3.45. The van der Waals surface area contributed by atoms with E-state index in [4.69, 9.17) is 11.6 Å². The van der Waals surface area contributed by atoms with Crippen LogP contribution in [0.15, 0.2) is 65.6 Å². The van der Waals surface area contributed by atoms with Gasteiger partial charge in [-0.2, -0.15) is 5.10 Å². The molecule has 0 saturated heterocycles. The summed E-state index contributed by atoms with van der Waals surface area (Å²) in [5.41, 5.74) is 1.71. The van der Waals surface area contributed by atoms with Crippen LogP contribution in [0, 0.1) is 6.92 Å². The van der Waals surface area contributed by atoms with Crippen molar-refractivity contribution in [2.75, 3.05) is 5.32 Å². The number of rotatable bonds is 3. The van der Waals surface area contributed by atoms with Crippen LogP contribution in [0.4, 0.5) is 5.69 Å². The first kappa shape index (κ1) is 16.0. The highest BCUT2D eigenvalue weighted by atomic mass is 35.5. The number of amides is 1. The van der Waals surface area contributed by atoms with Crippen molar-refractivity contribution in [1.82, 2.24) is 9.78 Å². The second kappa shape index (κ2) is 6.68. The van der Waals surface area contributed by atoms with Gasteiger partial charge in [0.15, 0.2) is 5.69 Å². The number of hydrogen-bond acceptors (Lipinski definition) is 3. The van der Waals surface area contributed by atoms with Crippen molar-refractivity contribution in [3.63, 3.8) is 0 Å². The molecule has 0 spiro atoms. The highest BCUT2D eigenvalue weighted by Crippen LogP contribution is 2.13. The van der Waals surface area contributed by atoms with Crippen molar-refractivity contribution in [2.24, 2.45) is 0 Å². The van der Waals surface area contributed by atoms with Gasteiger partial charge in [-0.3, -0.25) is 9.59 Å². The second-order valence-corrected chi connectivity index (χ2v) is 5.71. The zero-order valence-electron chi connectivity index (χ0n) is 12.9. The second-order valence-electron chi connectivity index (χ2n) is 5.27. The lowest BCUT2D eigenvalue weighted by molar-refractivity contribution is 0.101. The fraction of sp³-hybridized carbons (Fsp3) is 0.0556. The Morgan fingerprint density at radius 2 is 1.88 bits per heavy atom. The first-order chi connectivity index (χ1) is 11.5. The number of nitrogens with zero attached hydrogens (tertiary/aromatic N) is 2. The van der Waals surface area contributed by atoms with Crippen molar-refractivity contribution in [3.05, 3.63) is 87.3 Å². The van der Waals surface area contributed by atoms with Gasteiger partial charge in [-0.25, -0.2) is 4.68 Å². The van der Waals surface area contributed by atoms with Gasteiger partial charge in [0.1, 0.15) is 0 Å². The lowest BCUT2D eigenvalue weighted by Crippen LogP contribution is -2.25. The largest absolute Gasteiger partial charge is 0.320 e. The summed E-state index contributed by atoms with van der Waals surface area (Å²) in [5, 5.41) is 7.43. The molecule has 0 bridgehead atoms. The van der Waals surface area contributed by atoms with Crippen LogP contribution in [0.3, 0.4) is 0 Å². The van der Waals surface area contributed by atoms with Gasteiger partial charge in [0.25, 0.3) is 5.91 Å². The number of aromatic nitrogens is 2. The van der Waals surface area contributed by atoms with Gasteiger partial charge in [0.05, 0.1) is 5.69 Å². The molecular weight excluding hydrogens is 326 g/mol. The van der Waals surface area contributed by atoms with Gasteiger partial charge in [0, 0.05) is 23.0 Å². The van der Waals surface area contributed by atoms with Crippen LogP contribution < -0.4 is 10.7 Å². The average molecular weight is 340 g/mol. The molecule has 0 aliphatic carbocycles. The average Bonchev–Trinajstić information content (AvgIpc) is 2.56. The molecular formula is C18H14ClN3O2. The maximum absolute atomic E-state index is 12.4. The lowest BCUT2D eigenvalue weighted by atomic mass is 10.2. The lowest BCUT2D eigenvalue weighted by Gasteiger charge is -2.08. The summed E-state index contributed by atoms with van der Waals surface area (Å²) in [7, 11) is 0. The smallest absolute Gasteiger partial charge is 0.280 e. The topological polar surface area (TPSA) is 64.0 Å². The Morgan fingerprint density at radius 1 is 1.12 bits per heavy atom. The minimum Gasteiger partial charge on any atom is -0.320 e. The van der Waals surface area contributed by atoms with E-state index in [9.17, 15) is 9.59 Å². The van der Waals surface area contributed by atoms with Crippen LogP contribution in [-0.4, -0.2) is 15.7 Å². The summed E-state index contributed by atoms with van der Waals surface area (Å²) in [6, 6.07) is 15.6. The third-order valence-corrected chi connectivity index (χ3v) is 3.64. The summed E-state index contributed by atoms with van der Waals surface area (Å²) in [5.74, 6) is -0.547. The van der Waals surface area contributed by atoms with E-state index in [1.807, 2.05) is 25.1 Å². The van der Waals surface area contributed by atoms with Crippen LogP contribution in [0.25, 0.3) is 5.69 Å². The van der Waals surface area contributed by atoms with E-state index in [0.717, 1.165) is 5.56 Å². The normalized spacial score (nSPS) is 10.4. The van der Waals surface area contributed by atoms with Crippen LogP contribution in [0.1, 0.15) is 16.1 Å². The van der Waals surface area contributed by atoms with Gasteiger partial charge in [0.2, 0.25) is 5.43 Å². The molecule has 0 unspecified atom stereocenters. The van der Waals surface area contributed by atoms with E-state index in [1.54, 1.807) is 30.3 Å². The van der Waals surface area contributed by atoms with Crippen molar-refractivity contribution in [3.8, 4) is 5.69 Å². The van der Waals surface area contributed by atoms with E-state index < -0.39 is 11.3 Å². The van der Waals surface area contributed by atoms with Crippen molar-refractivity contribution in [1.29, 1.82) is 0 Å². The van der Waals surface area contributed by atoms with Gasteiger partial charge >= 0.3 is 0 Å². The molecule has 3 aromatic rings. The van der Waals surface area contributed by atoms with Crippen LogP contribution in [-0.2, 0) is 0 Å². The van der Waals surface area contributed by atoms with E-state index in [-0.39, 0.29) is 5.69 Å². The molecule has 0 atom stereocenters. The number of carbonyl (C=O) groups is 1. The molecule has 0 fully saturated rings. The van der Waals surface area contributed by atoms with Crippen LogP contribution in [0.5, 0.6) is 0 Å². The minimum atomic E-state index is -0.547. The Bertz CT molecular complexity index is 949. The van der Waals surface area contributed by atoms with E-state index in [1.165, 1.54) is 16.9 Å². The highest BCUT2D eigenvalue weighted by Gasteiger charge is 2.13. The number of hydrogen-bond donors (Lipinski definition) is 1. The van der Waals surface area contributed by atoms with Gasteiger partial charge in [-0.1, -0.05) is 23.7 Å². The number of carbonyl (C=O) groups excluding carboxylic acids is 1. The Hall–Kier alpha value is -2.92.